The Labute approximate surface area is 156 Å². The summed E-state index contributed by atoms with van der Waals surface area (Å²) in [6, 6.07) is 13.6. The summed E-state index contributed by atoms with van der Waals surface area (Å²) in [5.74, 6) is 2.25. The lowest BCUT2D eigenvalue weighted by Crippen LogP contribution is -2.15. The smallest absolute Gasteiger partial charge is 0.139 e. The Balaban J connectivity index is 0.00000163. The van der Waals surface area contributed by atoms with Gasteiger partial charge in [-0.25, -0.2) is 0 Å². The minimum atomic E-state index is 0.692. The van der Waals surface area contributed by atoms with E-state index in [2.05, 4.69) is 24.6 Å². The third-order valence-corrected chi connectivity index (χ3v) is 3.77. The Morgan fingerprint density at radius 2 is 1.54 bits per heavy atom. The van der Waals surface area contributed by atoms with Crippen LogP contribution in [0.25, 0.3) is 5.70 Å². The van der Waals surface area contributed by atoms with Gasteiger partial charge in [0.05, 0.1) is 20.5 Å². The van der Waals surface area contributed by atoms with Crippen LogP contribution in [0.15, 0.2) is 74.5 Å². The molecule has 0 aliphatic rings. The van der Waals surface area contributed by atoms with Crippen LogP contribution in [0.2, 0.25) is 0 Å². The summed E-state index contributed by atoms with van der Waals surface area (Å²) in [6.45, 7) is 11.6. The minimum Gasteiger partial charge on any atom is -0.497 e. The lowest BCUT2D eigenvalue weighted by Gasteiger charge is -2.24. The highest BCUT2D eigenvalue weighted by molar-refractivity contribution is 5.82. The van der Waals surface area contributed by atoms with Gasteiger partial charge < -0.3 is 19.1 Å². The van der Waals surface area contributed by atoms with Gasteiger partial charge in [-0.3, -0.25) is 0 Å². The molecule has 0 spiro atoms. The van der Waals surface area contributed by atoms with Crippen molar-refractivity contribution in [3.63, 3.8) is 0 Å². The molecule has 2 aromatic rings. The van der Waals surface area contributed by atoms with E-state index >= 15 is 0 Å². The molecule has 138 valence electrons. The van der Waals surface area contributed by atoms with Crippen molar-refractivity contribution in [3.05, 3.63) is 80.1 Å². The fraction of sp³-hybridized carbons (Fsp3) is 0.182. The molecule has 0 aromatic heterocycles. The predicted molar refractivity (Wildman–Crippen MR) is 110 cm³/mol. The summed E-state index contributed by atoms with van der Waals surface area (Å²) in [4.78, 5) is 2.09. The zero-order valence-electron chi connectivity index (χ0n) is 16.0. The summed E-state index contributed by atoms with van der Waals surface area (Å²) < 4.78 is 16.1. The summed E-state index contributed by atoms with van der Waals surface area (Å²) in [6.07, 6.45) is 3.46. The molecule has 0 N–H and O–H groups in total. The van der Waals surface area contributed by atoms with Crippen LogP contribution < -0.4 is 19.1 Å². The second-order valence-electron chi connectivity index (χ2n) is 5.08. The van der Waals surface area contributed by atoms with Crippen LogP contribution in [-0.2, 0) is 0 Å². The van der Waals surface area contributed by atoms with Crippen molar-refractivity contribution in [1.29, 1.82) is 0 Å². The average Bonchev–Trinajstić information content (AvgIpc) is 2.71. The Bertz CT molecular complexity index is 736. The van der Waals surface area contributed by atoms with E-state index in [-0.39, 0.29) is 0 Å². The van der Waals surface area contributed by atoms with Crippen LogP contribution >= 0.6 is 0 Å². The number of anilines is 1. The van der Waals surface area contributed by atoms with Gasteiger partial charge >= 0.3 is 0 Å². The number of hydrogen-bond donors (Lipinski definition) is 0. The lowest BCUT2D eigenvalue weighted by molar-refractivity contribution is 0.408. The van der Waals surface area contributed by atoms with Crippen molar-refractivity contribution in [1.82, 2.24) is 0 Å². The van der Waals surface area contributed by atoms with Crippen LogP contribution in [0.1, 0.15) is 12.5 Å². The van der Waals surface area contributed by atoms with E-state index in [1.165, 1.54) is 6.26 Å². The van der Waals surface area contributed by atoms with Crippen LogP contribution in [-0.4, -0.2) is 21.3 Å². The molecule has 0 aliphatic heterocycles. The Hall–Kier alpha value is -3.14. The van der Waals surface area contributed by atoms with Crippen molar-refractivity contribution >= 4 is 11.4 Å². The van der Waals surface area contributed by atoms with Crippen LogP contribution in [0.3, 0.4) is 0 Å². The van der Waals surface area contributed by atoms with Crippen molar-refractivity contribution in [2.75, 3.05) is 26.2 Å². The van der Waals surface area contributed by atoms with Gasteiger partial charge in [0.15, 0.2) is 0 Å². The summed E-state index contributed by atoms with van der Waals surface area (Å²) in [5.41, 5.74) is 3.01. The molecule has 26 heavy (non-hydrogen) atoms. The SMILES string of the molecule is C=C.C=COc1cc(OC)ccc1/C(=C\C)N(C)c1ccc(OC)cc1. The quantitative estimate of drug-likeness (QED) is 0.484. The highest BCUT2D eigenvalue weighted by Gasteiger charge is 2.15. The standard InChI is InChI=1S/C20H23NO3.C2H4/c1-6-19(21(3)15-8-10-16(22-4)11-9-15)18-13-12-17(23-5)14-20(18)24-7-2;1-2/h6-14H,2H2,1,3-5H3;1-2H2/b19-6+;. The number of hydrogen-bond acceptors (Lipinski definition) is 4. The molecule has 4 heteroatoms. The average molecular weight is 353 g/mol. The van der Waals surface area contributed by atoms with Crippen LogP contribution in [0.4, 0.5) is 5.69 Å². The van der Waals surface area contributed by atoms with Gasteiger partial charge in [-0.1, -0.05) is 12.7 Å². The Morgan fingerprint density at radius 3 is 2.04 bits per heavy atom. The van der Waals surface area contributed by atoms with Gasteiger partial charge in [-0.05, 0) is 43.3 Å². The molecule has 0 atom stereocenters. The molecule has 4 nitrogen and oxygen atoms in total. The van der Waals surface area contributed by atoms with E-state index in [4.69, 9.17) is 14.2 Å². The van der Waals surface area contributed by atoms with Gasteiger partial charge in [-0.15, -0.1) is 13.2 Å². The van der Waals surface area contributed by atoms with Gasteiger partial charge in [-0.2, -0.15) is 0 Å². The second-order valence-corrected chi connectivity index (χ2v) is 5.08. The number of methoxy groups -OCH3 is 2. The third kappa shape index (κ3) is 4.93. The molecule has 2 aromatic carbocycles. The van der Waals surface area contributed by atoms with E-state index in [0.717, 1.165) is 28.4 Å². The number of ether oxygens (including phenoxy) is 3. The third-order valence-electron chi connectivity index (χ3n) is 3.77. The minimum absolute atomic E-state index is 0.692. The number of rotatable bonds is 7. The van der Waals surface area contributed by atoms with E-state index in [0.29, 0.717) is 5.75 Å². The monoisotopic (exact) mass is 353 g/mol. The molecule has 0 saturated heterocycles. The summed E-state index contributed by atoms with van der Waals surface area (Å²) in [7, 11) is 5.30. The van der Waals surface area contributed by atoms with E-state index < -0.39 is 0 Å². The zero-order chi connectivity index (χ0) is 19.5. The van der Waals surface area contributed by atoms with E-state index in [1.807, 2.05) is 62.5 Å². The number of benzene rings is 2. The molecule has 0 radical (unpaired) electrons. The molecular formula is C22H27NO3. The molecule has 0 heterocycles. The molecule has 0 bridgehead atoms. The van der Waals surface area contributed by atoms with E-state index in [1.54, 1.807) is 14.2 Å². The molecular weight excluding hydrogens is 326 g/mol. The second kappa shape index (κ2) is 10.7. The first kappa shape index (κ1) is 20.9. The lowest BCUT2D eigenvalue weighted by atomic mass is 10.1. The first-order valence-electron chi connectivity index (χ1n) is 8.14. The van der Waals surface area contributed by atoms with Gasteiger partial charge in [0.2, 0.25) is 0 Å². The largest absolute Gasteiger partial charge is 0.497 e. The summed E-state index contributed by atoms with van der Waals surface area (Å²) in [5, 5.41) is 0. The Morgan fingerprint density at radius 1 is 0.962 bits per heavy atom. The van der Waals surface area contributed by atoms with E-state index in [9.17, 15) is 0 Å². The molecule has 0 aliphatic carbocycles. The van der Waals surface area contributed by atoms with Crippen LogP contribution in [0.5, 0.6) is 17.2 Å². The molecule has 0 unspecified atom stereocenters. The fourth-order valence-electron chi connectivity index (χ4n) is 2.50. The van der Waals surface area contributed by atoms with Gasteiger partial charge in [0.1, 0.15) is 17.2 Å². The predicted octanol–water partition coefficient (Wildman–Crippen LogP) is 5.53. The highest BCUT2D eigenvalue weighted by Crippen LogP contribution is 2.34. The number of nitrogens with zero attached hydrogens (tertiary/aromatic N) is 1. The molecule has 0 amide bonds. The maximum Gasteiger partial charge on any atom is 0.139 e. The molecule has 0 fully saturated rings. The maximum absolute atomic E-state index is 5.58. The van der Waals surface area contributed by atoms with Gasteiger partial charge in [0, 0.05) is 30.1 Å². The fourth-order valence-corrected chi connectivity index (χ4v) is 2.50. The van der Waals surface area contributed by atoms with Gasteiger partial charge in [0.25, 0.3) is 0 Å². The first-order valence-corrected chi connectivity index (χ1v) is 8.14. The topological polar surface area (TPSA) is 30.9 Å². The first-order chi connectivity index (χ1) is 12.6. The van der Waals surface area contributed by atoms with Crippen molar-refractivity contribution in [3.8, 4) is 17.2 Å². The van der Waals surface area contributed by atoms with Crippen molar-refractivity contribution in [2.24, 2.45) is 0 Å². The summed E-state index contributed by atoms with van der Waals surface area (Å²) >= 11 is 0. The number of allylic oxidation sites excluding steroid dienone is 1. The Kier molecular flexibility index (Phi) is 8.58. The highest BCUT2D eigenvalue weighted by atomic mass is 16.5. The van der Waals surface area contributed by atoms with Crippen molar-refractivity contribution < 1.29 is 14.2 Å². The van der Waals surface area contributed by atoms with Crippen LogP contribution in [0, 0.1) is 0 Å². The molecule has 0 saturated carbocycles. The molecule has 2 rings (SSSR count). The van der Waals surface area contributed by atoms with Crippen molar-refractivity contribution in [2.45, 2.75) is 6.92 Å². The zero-order valence-corrected chi connectivity index (χ0v) is 16.0. The maximum atomic E-state index is 5.58. The normalized spacial score (nSPS) is 10.2.